The molecule has 2 aliphatic rings. The Balaban J connectivity index is 1.80. The normalized spacial score (nSPS) is 12.6. The van der Waals surface area contributed by atoms with E-state index in [-0.39, 0.29) is 5.02 Å². The van der Waals surface area contributed by atoms with Crippen molar-refractivity contribution in [2.75, 3.05) is 0 Å². The zero-order chi connectivity index (χ0) is 22.0. The van der Waals surface area contributed by atoms with Gasteiger partial charge in [0.1, 0.15) is 5.69 Å². The Morgan fingerprint density at radius 2 is 1.34 bits per heavy atom. The van der Waals surface area contributed by atoms with Crippen molar-refractivity contribution in [2.24, 2.45) is 0 Å². The monoisotopic (exact) mass is 496 g/mol. The van der Waals surface area contributed by atoms with Crippen LogP contribution in [0.15, 0.2) is 54.6 Å². The van der Waals surface area contributed by atoms with Crippen LogP contribution in [0, 0.1) is 0 Å². The molecule has 2 N–H and O–H groups in total. The number of aromatic amines is 2. The van der Waals surface area contributed by atoms with Crippen LogP contribution in [0.4, 0.5) is 0 Å². The predicted molar refractivity (Wildman–Crippen MR) is 134 cm³/mol. The summed E-state index contributed by atoms with van der Waals surface area (Å²) in [6, 6.07) is 17.8. The van der Waals surface area contributed by atoms with E-state index in [1.807, 2.05) is 54.6 Å². The highest BCUT2D eigenvalue weighted by Gasteiger charge is 2.19. The van der Waals surface area contributed by atoms with Gasteiger partial charge in [0.25, 0.3) is 0 Å². The van der Waals surface area contributed by atoms with Gasteiger partial charge in [-0.25, -0.2) is 9.97 Å². The molecular formula is C24H12Cl4N4. The van der Waals surface area contributed by atoms with Gasteiger partial charge in [-0.2, -0.15) is 0 Å². The summed E-state index contributed by atoms with van der Waals surface area (Å²) >= 11 is 26.2. The number of nitrogens with one attached hydrogen (secondary N) is 2. The van der Waals surface area contributed by atoms with Crippen LogP contribution in [0.25, 0.3) is 55.7 Å². The van der Waals surface area contributed by atoms with Crippen molar-refractivity contribution in [3.8, 4) is 22.5 Å². The fraction of sp³-hybridized carbons (Fsp3) is 0. The van der Waals surface area contributed by atoms with Crippen LogP contribution >= 0.6 is 46.4 Å². The molecule has 4 nitrogen and oxygen atoms in total. The minimum absolute atomic E-state index is 0.287. The third-order valence-electron chi connectivity index (χ3n) is 5.41. The number of rotatable bonds is 0. The maximum Gasteiger partial charge on any atom is 0.103 e. The van der Waals surface area contributed by atoms with Gasteiger partial charge < -0.3 is 9.97 Å². The first-order valence-electron chi connectivity index (χ1n) is 9.70. The molecule has 32 heavy (non-hydrogen) atoms. The average Bonchev–Trinajstić information content (AvgIpc) is 3.52. The van der Waals surface area contributed by atoms with Crippen molar-refractivity contribution >= 4 is 79.6 Å². The molecule has 8 bridgehead atoms. The van der Waals surface area contributed by atoms with E-state index >= 15 is 0 Å². The number of benzene rings is 1. The summed E-state index contributed by atoms with van der Waals surface area (Å²) in [5, 5.41) is 1.36. The van der Waals surface area contributed by atoms with Gasteiger partial charge >= 0.3 is 0 Å². The van der Waals surface area contributed by atoms with Gasteiger partial charge in [-0.1, -0.05) is 70.7 Å². The molecular weight excluding hydrogens is 486 g/mol. The van der Waals surface area contributed by atoms with Crippen molar-refractivity contribution in [1.82, 2.24) is 19.9 Å². The predicted octanol–water partition coefficient (Wildman–Crippen LogP) is 8.35. The lowest BCUT2D eigenvalue weighted by Gasteiger charge is -1.97. The van der Waals surface area contributed by atoms with E-state index in [1.165, 1.54) is 0 Å². The average molecular weight is 498 g/mol. The van der Waals surface area contributed by atoms with Gasteiger partial charge in [0.05, 0.1) is 48.2 Å². The SMILES string of the molecule is ClC1=Cc2cc3ccc(cc4nc(cc5[nH]c(c(Cl)c1n2)c(Cl)c5Cl)-c1ccccc1-4)[nH]3. The summed E-state index contributed by atoms with van der Waals surface area (Å²) in [7, 11) is 0. The first kappa shape index (κ1) is 19.9. The Labute approximate surface area is 202 Å². The van der Waals surface area contributed by atoms with Gasteiger partial charge in [-0.3, -0.25) is 0 Å². The highest BCUT2D eigenvalue weighted by atomic mass is 35.5. The summed E-state index contributed by atoms with van der Waals surface area (Å²) in [5.41, 5.74) is 7.61. The molecule has 0 saturated heterocycles. The number of H-pyrrole nitrogens is 2. The van der Waals surface area contributed by atoms with Crippen molar-refractivity contribution in [2.45, 2.75) is 0 Å². The fourth-order valence-corrected chi connectivity index (χ4v) is 4.99. The lowest BCUT2D eigenvalue weighted by atomic mass is 10.1. The molecule has 1 aromatic carbocycles. The molecule has 0 spiro atoms. The molecule has 0 saturated carbocycles. The van der Waals surface area contributed by atoms with Crippen molar-refractivity contribution in [1.29, 1.82) is 0 Å². The summed E-state index contributed by atoms with van der Waals surface area (Å²) in [6.07, 6.45) is 1.76. The van der Waals surface area contributed by atoms with E-state index in [0.29, 0.717) is 37.5 Å². The highest BCUT2D eigenvalue weighted by molar-refractivity contribution is 6.54. The number of hydrogen-bond donors (Lipinski definition) is 2. The molecule has 0 unspecified atom stereocenters. The fourth-order valence-electron chi connectivity index (χ4n) is 3.92. The minimum Gasteiger partial charge on any atom is -0.355 e. The Morgan fingerprint density at radius 1 is 0.656 bits per heavy atom. The second-order valence-electron chi connectivity index (χ2n) is 7.46. The van der Waals surface area contributed by atoms with E-state index in [2.05, 4.69) is 15.0 Å². The van der Waals surface area contributed by atoms with Gasteiger partial charge in [0, 0.05) is 22.2 Å². The molecule has 4 aromatic rings. The molecule has 0 radical (unpaired) electrons. The van der Waals surface area contributed by atoms with Crippen LogP contribution < -0.4 is 0 Å². The van der Waals surface area contributed by atoms with Crippen LogP contribution in [0.1, 0.15) is 11.4 Å². The Kier molecular flexibility index (Phi) is 4.60. The first-order valence-corrected chi connectivity index (χ1v) is 11.2. The third-order valence-corrected chi connectivity index (χ3v) is 6.93. The zero-order valence-corrected chi connectivity index (χ0v) is 19.2. The number of nitrogens with zero attached hydrogens (tertiary/aromatic N) is 2. The molecule has 0 fully saturated rings. The van der Waals surface area contributed by atoms with Crippen LogP contribution in [0.3, 0.4) is 0 Å². The first-order chi connectivity index (χ1) is 15.5. The summed E-state index contributed by atoms with van der Waals surface area (Å²) in [4.78, 5) is 16.0. The van der Waals surface area contributed by atoms with E-state index in [4.69, 9.17) is 51.4 Å². The van der Waals surface area contributed by atoms with Gasteiger partial charge in [-0.05, 0) is 36.4 Å². The number of halogens is 4. The van der Waals surface area contributed by atoms with Gasteiger partial charge in [-0.15, -0.1) is 0 Å². The minimum atomic E-state index is 0.287. The van der Waals surface area contributed by atoms with Gasteiger partial charge in [0.2, 0.25) is 0 Å². The van der Waals surface area contributed by atoms with E-state index < -0.39 is 0 Å². The van der Waals surface area contributed by atoms with Crippen LogP contribution in [0.2, 0.25) is 15.1 Å². The molecule has 6 rings (SSSR count). The molecule has 2 aliphatic heterocycles. The Morgan fingerprint density at radius 3 is 2.09 bits per heavy atom. The Bertz CT molecular complexity index is 1630. The van der Waals surface area contributed by atoms with Crippen LogP contribution in [-0.2, 0) is 0 Å². The lowest BCUT2D eigenvalue weighted by molar-refractivity contribution is 1.32. The molecule has 5 heterocycles. The maximum atomic E-state index is 6.67. The second kappa shape index (κ2) is 7.39. The molecule has 0 amide bonds. The standard InChI is InChI=1S/C24H12Cl4N4/c25-16-8-13-7-11-5-6-12(29-11)9-17-14-3-1-2-4-15(14)18(31-17)10-19-20(26)21(27)24(32-19)22(28)23(16)30-13/h1-10,29,32H. The zero-order valence-electron chi connectivity index (χ0n) is 16.2. The number of hydrogen-bond acceptors (Lipinski definition) is 2. The van der Waals surface area contributed by atoms with Crippen molar-refractivity contribution in [3.63, 3.8) is 0 Å². The molecule has 0 atom stereocenters. The van der Waals surface area contributed by atoms with E-state index in [1.54, 1.807) is 6.08 Å². The van der Waals surface area contributed by atoms with Crippen molar-refractivity contribution < 1.29 is 0 Å². The highest BCUT2D eigenvalue weighted by Crippen LogP contribution is 2.40. The smallest absolute Gasteiger partial charge is 0.103 e. The topological polar surface area (TPSA) is 57.4 Å². The third kappa shape index (κ3) is 3.14. The molecule has 8 heteroatoms. The summed E-state index contributed by atoms with van der Waals surface area (Å²) in [6.45, 7) is 0. The largest absolute Gasteiger partial charge is 0.355 e. The van der Waals surface area contributed by atoms with E-state index in [0.717, 1.165) is 33.5 Å². The molecule has 3 aromatic heterocycles. The molecule has 156 valence electrons. The van der Waals surface area contributed by atoms with E-state index in [9.17, 15) is 0 Å². The Hall–Kier alpha value is -2.76. The van der Waals surface area contributed by atoms with Crippen LogP contribution in [-0.4, -0.2) is 19.9 Å². The summed E-state index contributed by atoms with van der Waals surface area (Å²) < 4.78 is 0. The maximum absolute atomic E-state index is 6.67. The quantitative estimate of drug-likeness (QED) is 0.226. The number of fused-ring (bicyclic) bond motifs is 11. The lowest BCUT2D eigenvalue weighted by Crippen LogP contribution is -1.80. The number of aromatic nitrogens is 4. The second-order valence-corrected chi connectivity index (χ2v) is 9.00. The van der Waals surface area contributed by atoms with Gasteiger partial charge in [0.15, 0.2) is 0 Å². The van der Waals surface area contributed by atoms with Crippen LogP contribution in [0.5, 0.6) is 0 Å². The summed E-state index contributed by atoms with van der Waals surface area (Å²) in [5.74, 6) is 0. The van der Waals surface area contributed by atoms with Crippen molar-refractivity contribution in [3.05, 3.63) is 81.1 Å². The molecule has 0 aliphatic carbocycles.